The van der Waals surface area contributed by atoms with Crippen LogP contribution in [-0.4, -0.2) is 6.61 Å². The lowest BCUT2D eigenvalue weighted by molar-refractivity contribution is 0.344. The molecule has 1 aliphatic heterocycles. The van der Waals surface area contributed by atoms with Crippen LogP contribution >= 0.6 is 0 Å². The van der Waals surface area contributed by atoms with Gasteiger partial charge in [-0.05, 0) is 49.1 Å². The molecule has 2 heteroatoms. The molecule has 0 atom stereocenters. The first-order valence-electron chi connectivity index (χ1n) is 7.56. The van der Waals surface area contributed by atoms with Gasteiger partial charge in [-0.25, -0.2) is 0 Å². The van der Waals surface area contributed by atoms with Gasteiger partial charge in [-0.2, -0.15) is 0 Å². The van der Waals surface area contributed by atoms with Crippen molar-refractivity contribution < 1.29 is 9.15 Å². The van der Waals surface area contributed by atoms with E-state index in [-0.39, 0.29) is 0 Å². The molecule has 1 aromatic heterocycles. The predicted octanol–water partition coefficient (Wildman–Crippen LogP) is 5.26. The summed E-state index contributed by atoms with van der Waals surface area (Å²) in [4.78, 5) is 0. The van der Waals surface area contributed by atoms with Gasteiger partial charge in [-0.1, -0.05) is 30.3 Å². The Morgan fingerprint density at radius 1 is 1.00 bits per heavy atom. The number of fused-ring (bicyclic) bond motifs is 2. The quantitative estimate of drug-likeness (QED) is 0.609. The van der Waals surface area contributed by atoms with Gasteiger partial charge in [0.15, 0.2) is 0 Å². The van der Waals surface area contributed by atoms with Crippen molar-refractivity contribution in [3.05, 3.63) is 70.5 Å². The fourth-order valence-electron chi connectivity index (χ4n) is 3.30. The molecule has 2 aromatic carbocycles. The summed E-state index contributed by atoms with van der Waals surface area (Å²) in [6, 6.07) is 12.7. The Kier molecular flexibility index (Phi) is 2.86. The molecule has 0 radical (unpaired) electrons. The Morgan fingerprint density at radius 2 is 1.77 bits per heavy atom. The van der Waals surface area contributed by atoms with E-state index in [0.717, 1.165) is 22.5 Å². The highest BCUT2D eigenvalue weighted by Gasteiger charge is 2.24. The van der Waals surface area contributed by atoms with E-state index in [2.05, 4.69) is 51.1 Å². The predicted molar refractivity (Wildman–Crippen MR) is 89.3 cm³/mol. The highest BCUT2D eigenvalue weighted by atomic mass is 16.5. The first kappa shape index (κ1) is 13.2. The molecular formula is C20H18O2. The maximum Gasteiger partial charge on any atom is 0.140 e. The van der Waals surface area contributed by atoms with Crippen molar-refractivity contribution in [2.75, 3.05) is 6.61 Å². The fourth-order valence-corrected chi connectivity index (χ4v) is 3.30. The van der Waals surface area contributed by atoms with Crippen LogP contribution in [0, 0.1) is 13.8 Å². The van der Waals surface area contributed by atoms with E-state index >= 15 is 0 Å². The Morgan fingerprint density at radius 3 is 2.55 bits per heavy atom. The zero-order chi connectivity index (χ0) is 15.3. The van der Waals surface area contributed by atoms with E-state index in [9.17, 15) is 0 Å². The van der Waals surface area contributed by atoms with Gasteiger partial charge in [-0.15, -0.1) is 0 Å². The number of hydrogen-bond donors (Lipinski definition) is 0. The summed E-state index contributed by atoms with van der Waals surface area (Å²) in [7, 11) is 0. The van der Waals surface area contributed by atoms with Gasteiger partial charge in [0, 0.05) is 16.5 Å². The number of benzene rings is 2. The topological polar surface area (TPSA) is 22.4 Å². The fraction of sp³-hybridized carbons (Fsp3) is 0.200. The summed E-state index contributed by atoms with van der Waals surface area (Å²) in [5, 5.41) is 1.17. The normalized spacial score (nSPS) is 14.1. The van der Waals surface area contributed by atoms with Gasteiger partial charge >= 0.3 is 0 Å². The maximum atomic E-state index is 6.02. The minimum atomic E-state index is 0.628. The Hall–Kier alpha value is -2.48. The molecule has 4 rings (SSSR count). The molecule has 2 nitrogen and oxygen atoms in total. The van der Waals surface area contributed by atoms with E-state index < -0.39 is 0 Å². The van der Waals surface area contributed by atoms with Gasteiger partial charge in [0.05, 0.1) is 6.26 Å². The number of rotatable bonds is 1. The summed E-state index contributed by atoms with van der Waals surface area (Å²) < 4.78 is 11.7. The van der Waals surface area contributed by atoms with Crippen LogP contribution in [0.1, 0.15) is 29.2 Å². The van der Waals surface area contributed by atoms with Crippen LogP contribution in [0.4, 0.5) is 0 Å². The third-order valence-corrected chi connectivity index (χ3v) is 4.43. The maximum absolute atomic E-state index is 6.02. The van der Waals surface area contributed by atoms with Crippen LogP contribution in [0.5, 0.6) is 5.75 Å². The minimum Gasteiger partial charge on any atom is -0.488 e. The molecule has 0 unspecified atom stereocenters. The van der Waals surface area contributed by atoms with E-state index in [1.807, 2.05) is 12.3 Å². The van der Waals surface area contributed by atoms with Crippen LogP contribution in [0.3, 0.4) is 0 Å². The zero-order valence-corrected chi connectivity index (χ0v) is 13.1. The van der Waals surface area contributed by atoms with Crippen molar-refractivity contribution >= 4 is 16.5 Å². The first-order chi connectivity index (χ1) is 10.7. The molecule has 0 saturated heterocycles. The monoisotopic (exact) mass is 290 g/mol. The number of aryl methyl sites for hydroxylation is 2. The average molecular weight is 290 g/mol. The lowest BCUT2D eigenvalue weighted by Crippen LogP contribution is -2.11. The van der Waals surface area contributed by atoms with Crippen molar-refractivity contribution in [2.45, 2.75) is 20.8 Å². The van der Waals surface area contributed by atoms with Crippen LogP contribution in [-0.2, 0) is 0 Å². The van der Waals surface area contributed by atoms with Crippen molar-refractivity contribution in [1.82, 2.24) is 0 Å². The number of ether oxygens (including phenoxy) is 1. The van der Waals surface area contributed by atoms with Crippen molar-refractivity contribution in [1.29, 1.82) is 0 Å². The lowest BCUT2D eigenvalue weighted by atomic mass is 9.89. The van der Waals surface area contributed by atoms with Gasteiger partial charge in [-0.3, -0.25) is 0 Å². The molecule has 0 saturated carbocycles. The second kappa shape index (κ2) is 4.77. The third kappa shape index (κ3) is 1.80. The van der Waals surface area contributed by atoms with Crippen LogP contribution in [0.15, 0.2) is 52.7 Å². The van der Waals surface area contributed by atoms with Gasteiger partial charge in [0.25, 0.3) is 0 Å². The van der Waals surface area contributed by atoms with Gasteiger partial charge in [0.1, 0.15) is 17.9 Å². The average Bonchev–Trinajstić information content (AvgIpc) is 2.90. The second-order valence-electron chi connectivity index (χ2n) is 5.98. The van der Waals surface area contributed by atoms with E-state index in [0.29, 0.717) is 6.61 Å². The molecular weight excluding hydrogens is 272 g/mol. The summed E-state index contributed by atoms with van der Waals surface area (Å²) in [5.74, 6) is 0.950. The molecule has 0 spiro atoms. The molecule has 22 heavy (non-hydrogen) atoms. The third-order valence-electron chi connectivity index (χ3n) is 4.43. The second-order valence-corrected chi connectivity index (χ2v) is 5.98. The molecule has 2 heterocycles. The summed E-state index contributed by atoms with van der Waals surface area (Å²) in [6.07, 6.45) is 1.82. The number of furan rings is 1. The summed E-state index contributed by atoms with van der Waals surface area (Å²) in [6.45, 7) is 6.93. The summed E-state index contributed by atoms with van der Waals surface area (Å²) in [5.41, 5.74) is 8.14. The van der Waals surface area contributed by atoms with E-state index in [4.69, 9.17) is 9.15 Å². The van der Waals surface area contributed by atoms with Crippen LogP contribution in [0.2, 0.25) is 0 Å². The molecule has 110 valence electrons. The smallest absolute Gasteiger partial charge is 0.140 e. The van der Waals surface area contributed by atoms with Crippen LogP contribution < -0.4 is 4.74 Å². The Balaban J connectivity index is 2.06. The number of hydrogen-bond acceptors (Lipinski definition) is 2. The Bertz CT molecular complexity index is 898. The zero-order valence-electron chi connectivity index (χ0n) is 13.1. The van der Waals surface area contributed by atoms with Crippen molar-refractivity contribution in [3.8, 4) is 5.75 Å². The minimum absolute atomic E-state index is 0.628. The van der Waals surface area contributed by atoms with Crippen LogP contribution in [0.25, 0.3) is 16.5 Å². The first-order valence-corrected chi connectivity index (χ1v) is 7.56. The highest BCUT2D eigenvalue weighted by molar-refractivity contribution is 5.95. The van der Waals surface area contributed by atoms with E-state index in [1.165, 1.54) is 27.7 Å². The highest BCUT2D eigenvalue weighted by Crippen LogP contribution is 2.43. The SMILES string of the molecule is CC1=C(c2ccccc2)c2cc3c(C)coc3c(C)c2OC1. The van der Waals surface area contributed by atoms with E-state index in [1.54, 1.807) is 0 Å². The molecule has 0 aliphatic carbocycles. The van der Waals surface area contributed by atoms with Crippen molar-refractivity contribution in [2.24, 2.45) is 0 Å². The molecule has 0 fully saturated rings. The molecule has 1 aliphatic rings. The van der Waals surface area contributed by atoms with Gasteiger partial charge in [0.2, 0.25) is 0 Å². The summed E-state index contributed by atoms with van der Waals surface area (Å²) >= 11 is 0. The molecule has 0 bridgehead atoms. The standard InChI is InChI=1S/C20H18O2/c1-12-10-21-19-14(3)20-17(9-16(12)19)18(13(2)11-22-20)15-7-5-4-6-8-15/h4-10H,11H2,1-3H3. The van der Waals surface area contributed by atoms with Crippen molar-refractivity contribution in [3.63, 3.8) is 0 Å². The lowest BCUT2D eigenvalue weighted by Gasteiger charge is -2.24. The van der Waals surface area contributed by atoms with Gasteiger partial charge < -0.3 is 9.15 Å². The molecule has 3 aromatic rings. The largest absolute Gasteiger partial charge is 0.488 e. The Labute approximate surface area is 130 Å². The molecule has 0 N–H and O–H groups in total. The molecule has 0 amide bonds.